The minimum absolute atomic E-state index is 0.322. The van der Waals surface area contributed by atoms with Gasteiger partial charge < -0.3 is 10.1 Å². The molecule has 1 atom stereocenters. The highest BCUT2D eigenvalue weighted by Gasteiger charge is 2.13. The fourth-order valence-corrected chi connectivity index (χ4v) is 2.57. The van der Waals surface area contributed by atoms with Crippen LogP contribution in [0.25, 0.3) is 0 Å². The maximum Gasteiger partial charge on any atom is 0.213 e. The second-order valence-corrected chi connectivity index (χ2v) is 5.98. The van der Waals surface area contributed by atoms with E-state index in [1.165, 1.54) is 5.56 Å². The van der Waals surface area contributed by atoms with E-state index in [9.17, 15) is 0 Å². The number of pyridine rings is 1. The summed E-state index contributed by atoms with van der Waals surface area (Å²) >= 11 is 0. The number of hydrogen-bond acceptors (Lipinski definition) is 4. The Labute approximate surface area is 129 Å². The number of nitrogens with zero attached hydrogens (tertiary/aromatic N) is 2. The Morgan fingerprint density at radius 3 is 2.43 bits per heavy atom. The minimum atomic E-state index is 0.322. The Kier molecular flexibility index (Phi) is 7.68. The van der Waals surface area contributed by atoms with Crippen molar-refractivity contribution in [2.45, 2.75) is 59.7 Å². The van der Waals surface area contributed by atoms with Gasteiger partial charge in [-0.05, 0) is 52.8 Å². The first-order valence-corrected chi connectivity index (χ1v) is 8.03. The van der Waals surface area contributed by atoms with Crippen molar-refractivity contribution in [3.05, 3.63) is 23.9 Å². The van der Waals surface area contributed by atoms with Gasteiger partial charge >= 0.3 is 0 Å². The second-order valence-electron chi connectivity index (χ2n) is 5.98. The number of nitrogens with one attached hydrogen (secondary N) is 1. The van der Waals surface area contributed by atoms with Gasteiger partial charge in [0, 0.05) is 36.9 Å². The van der Waals surface area contributed by atoms with Crippen LogP contribution in [0.3, 0.4) is 0 Å². The summed E-state index contributed by atoms with van der Waals surface area (Å²) < 4.78 is 5.83. The Hall–Kier alpha value is -1.13. The molecule has 0 aliphatic carbocycles. The van der Waals surface area contributed by atoms with Crippen LogP contribution in [0.4, 0.5) is 0 Å². The van der Waals surface area contributed by atoms with Crippen molar-refractivity contribution in [1.29, 1.82) is 0 Å². The molecule has 0 spiro atoms. The zero-order valence-electron chi connectivity index (χ0n) is 14.4. The maximum atomic E-state index is 5.83. The third-order valence-electron chi connectivity index (χ3n) is 3.70. The van der Waals surface area contributed by atoms with E-state index in [2.05, 4.69) is 56.7 Å². The molecule has 0 aliphatic rings. The third-order valence-corrected chi connectivity index (χ3v) is 3.70. The molecule has 0 fully saturated rings. The van der Waals surface area contributed by atoms with Crippen molar-refractivity contribution < 1.29 is 4.74 Å². The van der Waals surface area contributed by atoms with Gasteiger partial charge in [-0.2, -0.15) is 0 Å². The van der Waals surface area contributed by atoms with Crippen molar-refractivity contribution in [1.82, 2.24) is 15.2 Å². The van der Waals surface area contributed by atoms with E-state index < -0.39 is 0 Å². The summed E-state index contributed by atoms with van der Waals surface area (Å²) in [5.74, 6) is 0.713. The number of ether oxygens (including phenoxy) is 1. The van der Waals surface area contributed by atoms with Gasteiger partial charge in [-0.25, -0.2) is 4.98 Å². The van der Waals surface area contributed by atoms with E-state index in [4.69, 9.17) is 4.74 Å². The Balaban J connectivity index is 2.54. The number of rotatable bonds is 9. The van der Waals surface area contributed by atoms with Gasteiger partial charge in [-0.1, -0.05) is 6.92 Å². The quantitative estimate of drug-likeness (QED) is 0.758. The van der Waals surface area contributed by atoms with Crippen LogP contribution < -0.4 is 10.1 Å². The predicted molar refractivity (Wildman–Crippen MR) is 88.8 cm³/mol. The first-order chi connectivity index (χ1) is 9.95. The summed E-state index contributed by atoms with van der Waals surface area (Å²) in [7, 11) is 0. The van der Waals surface area contributed by atoms with E-state index in [0.717, 1.165) is 13.1 Å². The molecular weight excluding hydrogens is 262 g/mol. The highest BCUT2D eigenvalue weighted by molar-refractivity contribution is 5.23. The van der Waals surface area contributed by atoms with Gasteiger partial charge in [0.2, 0.25) is 5.88 Å². The van der Waals surface area contributed by atoms with Crippen molar-refractivity contribution >= 4 is 0 Å². The molecule has 1 rings (SSSR count). The van der Waals surface area contributed by atoms with E-state index in [0.29, 0.717) is 30.6 Å². The monoisotopic (exact) mass is 293 g/mol. The van der Waals surface area contributed by atoms with Crippen LogP contribution in [0.1, 0.15) is 53.1 Å². The Bertz CT molecular complexity index is 399. The lowest BCUT2D eigenvalue weighted by Crippen LogP contribution is -2.39. The lowest BCUT2D eigenvalue weighted by atomic mass is 10.1. The van der Waals surface area contributed by atoms with Gasteiger partial charge in [0.05, 0.1) is 0 Å². The summed E-state index contributed by atoms with van der Waals surface area (Å²) in [5, 5.41) is 3.40. The number of hydrogen-bond donors (Lipinski definition) is 1. The standard InChI is InChI=1S/C17H31N3O/c1-7-18-15(6)16-8-9-19-17(12-16)21-11-10-20(13(2)3)14(4)5/h8-9,12-15,18H,7,10-11H2,1-6H3. The smallest absolute Gasteiger partial charge is 0.213 e. The molecule has 4 nitrogen and oxygen atoms in total. The topological polar surface area (TPSA) is 37.4 Å². The molecule has 1 unspecified atom stereocenters. The van der Waals surface area contributed by atoms with Crippen LogP contribution in [-0.4, -0.2) is 41.7 Å². The lowest BCUT2D eigenvalue weighted by molar-refractivity contribution is 0.140. The molecule has 0 saturated carbocycles. The van der Waals surface area contributed by atoms with Crippen molar-refractivity contribution in [3.8, 4) is 5.88 Å². The first kappa shape index (κ1) is 17.9. The van der Waals surface area contributed by atoms with Crippen molar-refractivity contribution in [2.24, 2.45) is 0 Å². The molecule has 1 heterocycles. The molecule has 1 N–H and O–H groups in total. The predicted octanol–water partition coefficient (Wildman–Crippen LogP) is 3.25. The van der Waals surface area contributed by atoms with Crippen molar-refractivity contribution in [2.75, 3.05) is 19.7 Å². The van der Waals surface area contributed by atoms with Crippen LogP contribution in [0.15, 0.2) is 18.3 Å². The average molecular weight is 293 g/mol. The minimum Gasteiger partial charge on any atom is -0.476 e. The van der Waals surface area contributed by atoms with E-state index in [1.54, 1.807) is 0 Å². The zero-order valence-corrected chi connectivity index (χ0v) is 14.4. The van der Waals surface area contributed by atoms with Crippen LogP contribution in [0, 0.1) is 0 Å². The summed E-state index contributed by atoms with van der Waals surface area (Å²) in [6.07, 6.45) is 1.82. The molecule has 21 heavy (non-hydrogen) atoms. The van der Waals surface area contributed by atoms with E-state index >= 15 is 0 Å². The van der Waals surface area contributed by atoms with Crippen molar-refractivity contribution in [3.63, 3.8) is 0 Å². The number of aromatic nitrogens is 1. The van der Waals surface area contributed by atoms with Gasteiger partial charge in [-0.15, -0.1) is 0 Å². The lowest BCUT2D eigenvalue weighted by Gasteiger charge is -2.30. The SMILES string of the molecule is CCNC(C)c1ccnc(OCCN(C(C)C)C(C)C)c1. The molecule has 1 aromatic heterocycles. The van der Waals surface area contributed by atoms with Crippen LogP contribution in [0.5, 0.6) is 5.88 Å². The van der Waals surface area contributed by atoms with Gasteiger partial charge in [0.1, 0.15) is 6.61 Å². The molecule has 1 aromatic rings. The third kappa shape index (κ3) is 6.02. The molecule has 0 aliphatic heterocycles. The van der Waals surface area contributed by atoms with Gasteiger partial charge in [0.15, 0.2) is 0 Å². The van der Waals surface area contributed by atoms with E-state index in [-0.39, 0.29) is 0 Å². The normalized spacial score (nSPS) is 13.2. The molecule has 0 aromatic carbocycles. The largest absolute Gasteiger partial charge is 0.476 e. The van der Waals surface area contributed by atoms with Crippen LogP contribution in [-0.2, 0) is 0 Å². The highest BCUT2D eigenvalue weighted by Crippen LogP contribution is 2.16. The summed E-state index contributed by atoms with van der Waals surface area (Å²) in [6.45, 7) is 15.7. The molecule has 120 valence electrons. The van der Waals surface area contributed by atoms with Crippen LogP contribution >= 0.6 is 0 Å². The highest BCUT2D eigenvalue weighted by atomic mass is 16.5. The fraction of sp³-hybridized carbons (Fsp3) is 0.706. The van der Waals surface area contributed by atoms with Gasteiger partial charge in [-0.3, -0.25) is 4.90 Å². The molecule has 4 heteroatoms. The fourth-order valence-electron chi connectivity index (χ4n) is 2.57. The second kappa shape index (κ2) is 9.00. The van der Waals surface area contributed by atoms with Crippen LogP contribution in [0.2, 0.25) is 0 Å². The zero-order chi connectivity index (χ0) is 15.8. The van der Waals surface area contributed by atoms with Gasteiger partial charge in [0.25, 0.3) is 0 Å². The Morgan fingerprint density at radius 1 is 1.19 bits per heavy atom. The summed E-state index contributed by atoms with van der Waals surface area (Å²) in [4.78, 5) is 6.72. The first-order valence-electron chi connectivity index (χ1n) is 8.03. The molecule has 0 bridgehead atoms. The molecule has 0 amide bonds. The average Bonchev–Trinajstić information content (AvgIpc) is 2.43. The Morgan fingerprint density at radius 2 is 1.86 bits per heavy atom. The molecular formula is C17H31N3O. The maximum absolute atomic E-state index is 5.83. The van der Waals surface area contributed by atoms with E-state index in [1.807, 2.05) is 18.3 Å². The molecule has 0 saturated heterocycles. The summed E-state index contributed by atoms with van der Waals surface area (Å²) in [5.41, 5.74) is 1.21. The summed E-state index contributed by atoms with van der Waals surface area (Å²) in [6, 6.07) is 5.45. The molecule has 0 radical (unpaired) electrons.